The van der Waals surface area contributed by atoms with Gasteiger partial charge in [0.15, 0.2) is 5.78 Å². The van der Waals surface area contributed by atoms with E-state index in [1.807, 2.05) is 13.0 Å². The SMILES string of the molecule is CC(=O)c1ccc(OCc2nonc2C)c(C)c1. The maximum Gasteiger partial charge on any atom is 0.159 e. The van der Waals surface area contributed by atoms with Crippen LogP contribution in [0.2, 0.25) is 0 Å². The van der Waals surface area contributed by atoms with Crippen molar-refractivity contribution in [3.63, 3.8) is 0 Å². The van der Waals surface area contributed by atoms with Gasteiger partial charge in [0.05, 0.1) is 0 Å². The van der Waals surface area contributed by atoms with Gasteiger partial charge in [-0.2, -0.15) is 0 Å². The zero-order valence-electron chi connectivity index (χ0n) is 10.6. The van der Waals surface area contributed by atoms with Crippen molar-refractivity contribution in [2.24, 2.45) is 0 Å². The van der Waals surface area contributed by atoms with Gasteiger partial charge in [0, 0.05) is 5.56 Å². The fraction of sp³-hybridized carbons (Fsp3) is 0.308. The third-order valence-electron chi connectivity index (χ3n) is 2.69. The van der Waals surface area contributed by atoms with Crippen molar-refractivity contribution in [3.8, 4) is 5.75 Å². The molecule has 1 aromatic heterocycles. The van der Waals surface area contributed by atoms with Gasteiger partial charge in [0.2, 0.25) is 0 Å². The molecule has 0 amide bonds. The van der Waals surface area contributed by atoms with Crippen LogP contribution in [0.15, 0.2) is 22.8 Å². The second-order valence-corrected chi connectivity index (χ2v) is 4.12. The average molecular weight is 246 g/mol. The van der Waals surface area contributed by atoms with Gasteiger partial charge in [-0.15, -0.1) is 0 Å². The largest absolute Gasteiger partial charge is 0.487 e. The third kappa shape index (κ3) is 2.56. The Morgan fingerprint density at radius 2 is 2.11 bits per heavy atom. The topological polar surface area (TPSA) is 65.2 Å². The maximum atomic E-state index is 11.2. The zero-order chi connectivity index (χ0) is 13.1. The van der Waals surface area contributed by atoms with Crippen molar-refractivity contribution >= 4 is 5.78 Å². The minimum Gasteiger partial charge on any atom is -0.487 e. The lowest BCUT2D eigenvalue weighted by Gasteiger charge is -2.08. The first-order valence-electron chi connectivity index (χ1n) is 5.60. The molecule has 0 aliphatic heterocycles. The molecule has 0 saturated carbocycles. The molecule has 0 bridgehead atoms. The molecule has 0 atom stereocenters. The van der Waals surface area contributed by atoms with Crippen LogP contribution >= 0.6 is 0 Å². The molecule has 0 radical (unpaired) electrons. The highest BCUT2D eigenvalue weighted by atomic mass is 16.6. The van der Waals surface area contributed by atoms with E-state index < -0.39 is 0 Å². The molecule has 1 heterocycles. The Morgan fingerprint density at radius 3 is 2.67 bits per heavy atom. The number of aromatic nitrogens is 2. The van der Waals surface area contributed by atoms with Gasteiger partial charge in [-0.1, -0.05) is 10.3 Å². The molecule has 0 fully saturated rings. The fourth-order valence-corrected chi connectivity index (χ4v) is 1.56. The third-order valence-corrected chi connectivity index (χ3v) is 2.69. The zero-order valence-corrected chi connectivity index (χ0v) is 10.6. The molecule has 0 aliphatic rings. The smallest absolute Gasteiger partial charge is 0.159 e. The van der Waals surface area contributed by atoms with Crippen molar-refractivity contribution in [2.45, 2.75) is 27.4 Å². The van der Waals surface area contributed by atoms with Crippen molar-refractivity contribution in [1.82, 2.24) is 10.3 Å². The number of ketones is 1. The number of aryl methyl sites for hydroxylation is 2. The highest BCUT2D eigenvalue weighted by Gasteiger charge is 2.08. The predicted octanol–water partition coefficient (Wildman–Crippen LogP) is 2.47. The Labute approximate surface area is 105 Å². The molecule has 0 spiro atoms. The summed E-state index contributed by atoms with van der Waals surface area (Å²) in [5, 5.41) is 7.42. The van der Waals surface area contributed by atoms with Gasteiger partial charge in [-0.3, -0.25) is 4.79 Å². The number of nitrogens with zero attached hydrogens (tertiary/aromatic N) is 2. The minimum absolute atomic E-state index is 0.0428. The van der Waals surface area contributed by atoms with Gasteiger partial charge in [0.1, 0.15) is 23.7 Å². The van der Waals surface area contributed by atoms with E-state index in [1.54, 1.807) is 26.0 Å². The molecular weight excluding hydrogens is 232 g/mol. The summed E-state index contributed by atoms with van der Waals surface area (Å²) in [6, 6.07) is 5.35. The predicted molar refractivity (Wildman–Crippen MR) is 64.6 cm³/mol. The molecule has 1 aromatic carbocycles. The number of carbonyl (C=O) groups excluding carboxylic acids is 1. The molecule has 5 nitrogen and oxygen atoms in total. The molecule has 0 aliphatic carbocycles. The number of hydrogen-bond acceptors (Lipinski definition) is 5. The Balaban J connectivity index is 2.11. The highest BCUT2D eigenvalue weighted by Crippen LogP contribution is 2.20. The van der Waals surface area contributed by atoms with E-state index in [0.717, 1.165) is 11.3 Å². The Hall–Kier alpha value is -2.17. The number of benzene rings is 1. The lowest BCUT2D eigenvalue weighted by molar-refractivity contribution is 0.101. The number of rotatable bonds is 4. The first-order valence-corrected chi connectivity index (χ1v) is 5.60. The molecule has 5 heteroatoms. The Morgan fingerprint density at radius 1 is 1.33 bits per heavy atom. The molecular formula is C13H14N2O3. The second kappa shape index (κ2) is 5.00. The molecule has 2 rings (SSSR count). The van der Waals surface area contributed by atoms with Gasteiger partial charge in [-0.25, -0.2) is 4.63 Å². The number of ether oxygens (including phenoxy) is 1. The van der Waals surface area contributed by atoms with Crippen LogP contribution in [0.1, 0.15) is 34.2 Å². The summed E-state index contributed by atoms with van der Waals surface area (Å²) in [5.41, 5.74) is 2.98. The molecule has 18 heavy (non-hydrogen) atoms. The first-order chi connectivity index (χ1) is 8.58. The monoisotopic (exact) mass is 246 g/mol. The van der Waals surface area contributed by atoms with E-state index in [-0.39, 0.29) is 5.78 Å². The summed E-state index contributed by atoms with van der Waals surface area (Å²) in [6.45, 7) is 5.55. The average Bonchev–Trinajstić information content (AvgIpc) is 2.73. The summed E-state index contributed by atoms with van der Waals surface area (Å²) >= 11 is 0. The van der Waals surface area contributed by atoms with Crippen LogP contribution in [0.3, 0.4) is 0 Å². The summed E-state index contributed by atoms with van der Waals surface area (Å²) < 4.78 is 10.2. The van der Waals surface area contributed by atoms with E-state index in [1.165, 1.54) is 0 Å². The number of Topliss-reactive ketones (excluding diaryl/α,β-unsaturated/α-hetero) is 1. The van der Waals surface area contributed by atoms with E-state index in [9.17, 15) is 4.79 Å². The number of carbonyl (C=O) groups is 1. The normalized spacial score (nSPS) is 10.4. The van der Waals surface area contributed by atoms with Gasteiger partial charge in [0.25, 0.3) is 0 Å². The highest BCUT2D eigenvalue weighted by molar-refractivity contribution is 5.94. The van der Waals surface area contributed by atoms with E-state index in [0.29, 0.717) is 23.6 Å². The van der Waals surface area contributed by atoms with E-state index in [2.05, 4.69) is 14.9 Å². The van der Waals surface area contributed by atoms with Crippen molar-refractivity contribution in [1.29, 1.82) is 0 Å². The van der Waals surface area contributed by atoms with E-state index in [4.69, 9.17) is 4.74 Å². The van der Waals surface area contributed by atoms with Crippen molar-refractivity contribution in [3.05, 3.63) is 40.7 Å². The lowest BCUT2D eigenvalue weighted by Crippen LogP contribution is -2.00. The summed E-state index contributed by atoms with van der Waals surface area (Å²) in [7, 11) is 0. The fourth-order valence-electron chi connectivity index (χ4n) is 1.56. The summed E-state index contributed by atoms with van der Waals surface area (Å²) in [5.74, 6) is 0.767. The molecule has 0 unspecified atom stereocenters. The van der Waals surface area contributed by atoms with Crippen LogP contribution < -0.4 is 4.74 Å². The molecule has 94 valence electrons. The van der Waals surface area contributed by atoms with Crippen molar-refractivity contribution < 1.29 is 14.2 Å². The second-order valence-electron chi connectivity index (χ2n) is 4.12. The molecule has 0 saturated heterocycles. The Bertz CT molecular complexity index is 575. The van der Waals surface area contributed by atoms with Crippen LogP contribution in [-0.4, -0.2) is 16.1 Å². The van der Waals surface area contributed by atoms with Crippen LogP contribution in [-0.2, 0) is 6.61 Å². The van der Waals surface area contributed by atoms with E-state index >= 15 is 0 Å². The van der Waals surface area contributed by atoms with Crippen LogP contribution in [0.25, 0.3) is 0 Å². The van der Waals surface area contributed by atoms with Crippen molar-refractivity contribution in [2.75, 3.05) is 0 Å². The van der Waals surface area contributed by atoms with Crippen LogP contribution in [0.5, 0.6) is 5.75 Å². The molecule has 0 N–H and O–H groups in total. The standard InChI is InChI=1S/C13H14N2O3/c1-8-6-11(10(3)16)4-5-13(8)17-7-12-9(2)14-18-15-12/h4-6H,7H2,1-3H3. The lowest BCUT2D eigenvalue weighted by atomic mass is 10.1. The van der Waals surface area contributed by atoms with Crippen LogP contribution in [0.4, 0.5) is 0 Å². The Kier molecular flexibility index (Phi) is 3.41. The summed E-state index contributed by atoms with van der Waals surface area (Å²) in [4.78, 5) is 11.2. The minimum atomic E-state index is 0.0428. The molecule has 2 aromatic rings. The van der Waals surface area contributed by atoms with Gasteiger partial charge >= 0.3 is 0 Å². The number of hydrogen-bond donors (Lipinski definition) is 0. The van der Waals surface area contributed by atoms with Gasteiger partial charge < -0.3 is 4.74 Å². The quantitative estimate of drug-likeness (QED) is 0.775. The maximum absolute atomic E-state index is 11.2. The van der Waals surface area contributed by atoms with Gasteiger partial charge in [-0.05, 0) is 44.5 Å². The first kappa shape index (κ1) is 12.3. The van der Waals surface area contributed by atoms with Crippen LogP contribution in [0, 0.1) is 13.8 Å². The summed E-state index contributed by atoms with van der Waals surface area (Å²) in [6.07, 6.45) is 0.